The van der Waals surface area contributed by atoms with E-state index in [1.165, 1.54) is 12.1 Å². The molecule has 0 fully saturated rings. The highest BCUT2D eigenvalue weighted by Gasteiger charge is 2.19. The minimum atomic E-state index is -0.515. The summed E-state index contributed by atoms with van der Waals surface area (Å²) < 4.78 is 1.66. The summed E-state index contributed by atoms with van der Waals surface area (Å²) in [6.45, 7) is 6.05. The van der Waals surface area contributed by atoms with Gasteiger partial charge < -0.3 is 16.0 Å². The Hall–Kier alpha value is -3.92. The zero-order valence-corrected chi connectivity index (χ0v) is 20.4. The van der Waals surface area contributed by atoms with Gasteiger partial charge in [-0.15, -0.1) is 0 Å². The minimum absolute atomic E-state index is 0.0248. The molecule has 0 spiro atoms. The molecule has 2 aromatic carbocycles. The average Bonchev–Trinajstić information content (AvgIpc) is 3.16. The quantitative estimate of drug-likeness (QED) is 0.202. The first-order valence-electron chi connectivity index (χ1n) is 11.1. The van der Waals surface area contributed by atoms with Crippen LogP contribution in [0.1, 0.15) is 37.2 Å². The number of rotatable bonds is 10. The molecule has 35 heavy (non-hydrogen) atoms. The lowest BCUT2D eigenvalue weighted by molar-refractivity contribution is -0.384. The van der Waals surface area contributed by atoms with Crippen LogP contribution in [0.2, 0.25) is 5.02 Å². The van der Waals surface area contributed by atoms with Gasteiger partial charge in [-0.1, -0.05) is 11.6 Å². The van der Waals surface area contributed by atoms with Crippen molar-refractivity contribution in [3.8, 4) is 0 Å². The molecule has 2 amide bonds. The van der Waals surface area contributed by atoms with E-state index in [1.54, 1.807) is 41.9 Å². The Morgan fingerprint density at radius 2 is 1.77 bits per heavy atom. The first-order valence-corrected chi connectivity index (χ1v) is 11.4. The van der Waals surface area contributed by atoms with E-state index < -0.39 is 11.0 Å². The second kappa shape index (κ2) is 11.5. The Labute approximate surface area is 207 Å². The van der Waals surface area contributed by atoms with Gasteiger partial charge in [-0.25, -0.2) is 0 Å². The fourth-order valence-corrected chi connectivity index (χ4v) is 3.71. The van der Waals surface area contributed by atoms with Gasteiger partial charge in [-0.3, -0.25) is 24.4 Å². The number of amides is 2. The van der Waals surface area contributed by atoms with Gasteiger partial charge in [0.1, 0.15) is 6.04 Å². The molecular formula is C24H27ClN6O4. The van der Waals surface area contributed by atoms with Crippen molar-refractivity contribution >= 4 is 46.2 Å². The second-order valence-corrected chi connectivity index (χ2v) is 8.52. The van der Waals surface area contributed by atoms with E-state index in [-0.39, 0.29) is 23.9 Å². The molecule has 1 unspecified atom stereocenters. The van der Waals surface area contributed by atoms with Gasteiger partial charge in [-0.05, 0) is 63.6 Å². The smallest absolute Gasteiger partial charge is 0.269 e. The molecule has 0 aliphatic rings. The van der Waals surface area contributed by atoms with Gasteiger partial charge in [0.25, 0.3) is 5.69 Å². The number of hydrogen-bond donors (Lipinski definition) is 3. The summed E-state index contributed by atoms with van der Waals surface area (Å²) in [5.41, 5.74) is 3.45. The number of carbonyl (C=O) groups is 2. The minimum Gasteiger partial charge on any atom is -0.385 e. The van der Waals surface area contributed by atoms with Crippen molar-refractivity contribution in [2.45, 2.75) is 39.7 Å². The molecule has 3 aromatic rings. The normalized spacial score (nSPS) is 11.5. The maximum atomic E-state index is 12.6. The lowest BCUT2D eigenvalue weighted by Gasteiger charge is -2.16. The van der Waals surface area contributed by atoms with Crippen molar-refractivity contribution in [2.75, 3.05) is 22.5 Å². The molecule has 184 valence electrons. The van der Waals surface area contributed by atoms with Crippen LogP contribution in [0.5, 0.6) is 0 Å². The SMILES string of the molecule is Cc1cc(C)n(C(C)C(=O)Nc2ccc(NC(=O)CCCNc3ccc([N+](=O)[O-])cc3)cc2Cl)n1. The van der Waals surface area contributed by atoms with Crippen LogP contribution in [-0.2, 0) is 9.59 Å². The molecule has 1 atom stereocenters. The maximum Gasteiger partial charge on any atom is 0.269 e. The summed E-state index contributed by atoms with van der Waals surface area (Å²) >= 11 is 6.33. The van der Waals surface area contributed by atoms with Crippen LogP contribution in [0.3, 0.4) is 0 Å². The zero-order valence-electron chi connectivity index (χ0n) is 19.7. The van der Waals surface area contributed by atoms with Gasteiger partial charge in [0.2, 0.25) is 11.8 Å². The highest BCUT2D eigenvalue weighted by molar-refractivity contribution is 6.34. The monoisotopic (exact) mass is 498 g/mol. The Morgan fingerprint density at radius 1 is 1.09 bits per heavy atom. The molecule has 0 saturated carbocycles. The predicted molar refractivity (Wildman–Crippen MR) is 136 cm³/mol. The first-order chi connectivity index (χ1) is 16.6. The Bertz CT molecular complexity index is 1230. The van der Waals surface area contributed by atoms with Gasteiger partial charge in [0.05, 0.1) is 21.3 Å². The number of aryl methyl sites for hydroxylation is 2. The predicted octanol–water partition coefficient (Wildman–Crippen LogP) is 5.09. The number of hydrogen-bond acceptors (Lipinski definition) is 6. The molecule has 0 radical (unpaired) electrons. The lowest BCUT2D eigenvalue weighted by Crippen LogP contribution is -2.25. The van der Waals surface area contributed by atoms with Crippen LogP contribution < -0.4 is 16.0 Å². The molecule has 3 N–H and O–H groups in total. The van der Waals surface area contributed by atoms with E-state index in [0.717, 1.165) is 17.1 Å². The van der Waals surface area contributed by atoms with E-state index >= 15 is 0 Å². The van der Waals surface area contributed by atoms with Crippen molar-refractivity contribution < 1.29 is 14.5 Å². The molecule has 10 nitrogen and oxygen atoms in total. The summed E-state index contributed by atoms with van der Waals surface area (Å²) in [6.07, 6.45) is 0.838. The largest absolute Gasteiger partial charge is 0.385 e. The lowest BCUT2D eigenvalue weighted by atomic mass is 10.2. The summed E-state index contributed by atoms with van der Waals surface area (Å²) in [7, 11) is 0. The summed E-state index contributed by atoms with van der Waals surface area (Å²) in [6, 6.07) is 12.4. The highest BCUT2D eigenvalue weighted by atomic mass is 35.5. The van der Waals surface area contributed by atoms with Crippen LogP contribution in [0.15, 0.2) is 48.5 Å². The molecule has 0 aliphatic heterocycles. The number of nitro benzene ring substituents is 1. The summed E-state index contributed by atoms with van der Waals surface area (Å²) in [5.74, 6) is -0.433. The summed E-state index contributed by atoms with van der Waals surface area (Å²) in [4.78, 5) is 35.1. The van der Waals surface area contributed by atoms with E-state index in [9.17, 15) is 19.7 Å². The number of nitro groups is 1. The third kappa shape index (κ3) is 7.03. The number of anilines is 3. The average molecular weight is 499 g/mol. The van der Waals surface area contributed by atoms with Gasteiger partial charge in [0, 0.05) is 42.2 Å². The third-order valence-electron chi connectivity index (χ3n) is 5.29. The highest BCUT2D eigenvalue weighted by Crippen LogP contribution is 2.27. The number of nitrogens with one attached hydrogen (secondary N) is 3. The Balaban J connectivity index is 1.46. The van der Waals surface area contributed by atoms with E-state index in [2.05, 4.69) is 21.0 Å². The van der Waals surface area contributed by atoms with Gasteiger partial charge >= 0.3 is 0 Å². The molecule has 1 heterocycles. The molecule has 3 rings (SSSR count). The topological polar surface area (TPSA) is 131 Å². The number of carbonyl (C=O) groups excluding carboxylic acids is 2. The Morgan fingerprint density at radius 3 is 2.37 bits per heavy atom. The van der Waals surface area contributed by atoms with Crippen LogP contribution in [0, 0.1) is 24.0 Å². The van der Waals surface area contributed by atoms with Crippen molar-refractivity contribution in [3.05, 3.63) is 75.1 Å². The Kier molecular flexibility index (Phi) is 8.43. The molecule has 0 aliphatic carbocycles. The van der Waals surface area contributed by atoms with Gasteiger partial charge in [-0.2, -0.15) is 5.10 Å². The molecular weight excluding hydrogens is 472 g/mol. The number of halogens is 1. The molecule has 0 bridgehead atoms. The van der Waals surface area contributed by atoms with Crippen molar-refractivity contribution in [1.82, 2.24) is 9.78 Å². The van der Waals surface area contributed by atoms with Gasteiger partial charge in [0.15, 0.2) is 0 Å². The van der Waals surface area contributed by atoms with E-state index in [0.29, 0.717) is 29.4 Å². The van der Waals surface area contributed by atoms with Crippen LogP contribution in [0.4, 0.5) is 22.7 Å². The fourth-order valence-electron chi connectivity index (χ4n) is 3.49. The van der Waals surface area contributed by atoms with Crippen LogP contribution in [0.25, 0.3) is 0 Å². The van der Waals surface area contributed by atoms with Crippen molar-refractivity contribution in [2.24, 2.45) is 0 Å². The summed E-state index contributed by atoms with van der Waals surface area (Å²) in [5, 5.41) is 24.0. The number of benzene rings is 2. The molecule has 1 aromatic heterocycles. The zero-order chi connectivity index (χ0) is 25.5. The maximum absolute atomic E-state index is 12.6. The van der Waals surface area contributed by atoms with Crippen molar-refractivity contribution in [1.29, 1.82) is 0 Å². The third-order valence-corrected chi connectivity index (χ3v) is 5.60. The first kappa shape index (κ1) is 25.7. The fraction of sp³-hybridized carbons (Fsp3) is 0.292. The molecule has 11 heteroatoms. The molecule has 0 saturated heterocycles. The van der Waals surface area contributed by atoms with Crippen LogP contribution in [-0.4, -0.2) is 33.1 Å². The number of aromatic nitrogens is 2. The standard InChI is InChI=1S/C24H27ClN6O4/c1-15-13-16(2)30(29-15)17(3)24(33)28-22-11-8-19(14-21(22)25)27-23(32)5-4-12-26-18-6-9-20(10-7-18)31(34)35/h6-11,13-14,17,26H,4-5,12H2,1-3H3,(H,27,32)(H,28,33). The van der Waals surface area contributed by atoms with E-state index in [4.69, 9.17) is 11.6 Å². The van der Waals surface area contributed by atoms with Crippen LogP contribution >= 0.6 is 11.6 Å². The second-order valence-electron chi connectivity index (χ2n) is 8.11. The van der Waals surface area contributed by atoms with Crippen molar-refractivity contribution in [3.63, 3.8) is 0 Å². The van der Waals surface area contributed by atoms with E-state index in [1.807, 2.05) is 19.9 Å². The number of nitrogens with zero attached hydrogens (tertiary/aromatic N) is 3. The number of non-ortho nitro benzene ring substituents is 1.